The van der Waals surface area contributed by atoms with E-state index in [1.807, 2.05) is 37.3 Å². The van der Waals surface area contributed by atoms with Crippen LogP contribution in [0.3, 0.4) is 0 Å². The van der Waals surface area contributed by atoms with Gasteiger partial charge in [0.2, 0.25) is 0 Å². The average Bonchev–Trinajstić information content (AvgIpc) is 2.78. The highest BCUT2D eigenvalue weighted by molar-refractivity contribution is 8.00. The molecule has 3 rings (SSSR count). The minimum atomic E-state index is -1.41. The number of urea groups is 1. The van der Waals surface area contributed by atoms with Crippen molar-refractivity contribution in [3.05, 3.63) is 64.2 Å². The summed E-state index contributed by atoms with van der Waals surface area (Å²) in [5.74, 6) is 0.00741. The third-order valence-corrected chi connectivity index (χ3v) is 7.65. The molecule has 5 atom stereocenters. The molecule has 0 aliphatic carbocycles. The number of phenols is 1. The van der Waals surface area contributed by atoms with E-state index in [9.17, 15) is 30.3 Å². The van der Waals surface area contributed by atoms with Gasteiger partial charge in [-0.05, 0) is 54.5 Å². The number of thioether (sulfide) groups is 1. The standard InChI is InChI=1S/C24H32N2O6S/c1-13-9-18(28)17(23-22(31)21(30)20(29)19(12-27)33-23)11-16(13)10-15-6-4-14(5-7-15)3-2-8-26-24(25)32/h4-7,9,11,19-23,27-31H,2-3,8,10,12H2,1H3,(H3,25,26,32)/t19?,20-,21+,22-,23+/m1/s1. The van der Waals surface area contributed by atoms with Gasteiger partial charge in [-0.2, -0.15) is 0 Å². The van der Waals surface area contributed by atoms with Crippen LogP contribution in [0.5, 0.6) is 5.75 Å². The molecule has 9 heteroatoms. The molecule has 0 saturated carbocycles. The second-order valence-electron chi connectivity index (χ2n) is 8.47. The molecular formula is C24H32N2O6S. The molecule has 1 unspecified atom stereocenters. The van der Waals surface area contributed by atoms with E-state index in [1.165, 1.54) is 0 Å². The predicted molar refractivity (Wildman–Crippen MR) is 127 cm³/mol. The van der Waals surface area contributed by atoms with Gasteiger partial charge in [0.1, 0.15) is 11.9 Å². The summed E-state index contributed by atoms with van der Waals surface area (Å²) in [6.45, 7) is 2.08. The number of hydrogen-bond acceptors (Lipinski definition) is 7. The molecule has 0 spiro atoms. The highest BCUT2D eigenvalue weighted by Gasteiger charge is 2.44. The first kappa shape index (κ1) is 25.3. The minimum Gasteiger partial charge on any atom is -0.508 e. The van der Waals surface area contributed by atoms with Gasteiger partial charge in [-0.3, -0.25) is 0 Å². The fourth-order valence-corrected chi connectivity index (χ4v) is 5.52. The summed E-state index contributed by atoms with van der Waals surface area (Å²) in [7, 11) is 0. The number of primary amides is 1. The van der Waals surface area contributed by atoms with Crippen LogP contribution in [-0.4, -0.2) is 68.3 Å². The van der Waals surface area contributed by atoms with Crippen molar-refractivity contribution in [1.82, 2.24) is 5.32 Å². The molecule has 2 amide bonds. The number of benzene rings is 2. The molecule has 1 aliphatic heterocycles. The Balaban J connectivity index is 1.74. The van der Waals surface area contributed by atoms with Gasteiger partial charge < -0.3 is 36.6 Å². The Morgan fingerprint density at radius 1 is 1.06 bits per heavy atom. The first-order valence-electron chi connectivity index (χ1n) is 10.9. The number of carbonyl (C=O) groups is 1. The monoisotopic (exact) mass is 476 g/mol. The van der Waals surface area contributed by atoms with Crippen LogP contribution < -0.4 is 11.1 Å². The number of amides is 2. The summed E-state index contributed by atoms with van der Waals surface area (Å²) in [6.07, 6.45) is -1.71. The molecular weight excluding hydrogens is 444 g/mol. The van der Waals surface area contributed by atoms with Crippen LogP contribution in [0.15, 0.2) is 36.4 Å². The Hall–Kier alpha value is -2.30. The Morgan fingerprint density at radius 2 is 1.73 bits per heavy atom. The summed E-state index contributed by atoms with van der Waals surface area (Å²) in [5.41, 5.74) is 9.62. The van der Waals surface area contributed by atoms with Crippen LogP contribution in [0.1, 0.15) is 39.5 Å². The van der Waals surface area contributed by atoms with Crippen LogP contribution in [0.4, 0.5) is 4.79 Å². The number of carbonyl (C=O) groups excluding carboxylic acids is 1. The maximum Gasteiger partial charge on any atom is 0.312 e. The van der Waals surface area contributed by atoms with Crippen molar-refractivity contribution in [3.8, 4) is 5.75 Å². The van der Waals surface area contributed by atoms with Crippen LogP contribution in [-0.2, 0) is 12.8 Å². The average molecular weight is 477 g/mol. The number of phenolic OH excluding ortho intramolecular Hbond substituents is 1. The zero-order valence-electron chi connectivity index (χ0n) is 18.5. The summed E-state index contributed by atoms with van der Waals surface area (Å²) in [5, 5.41) is 52.2. The first-order chi connectivity index (χ1) is 15.7. The zero-order valence-corrected chi connectivity index (χ0v) is 19.3. The third kappa shape index (κ3) is 6.18. The highest BCUT2D eigenvalue weighted by Crippen LogP contribution is 2.46. The normalized spacial score (nSPS) is 25.1. The zero-order chi connectivity index (χ0) is 24.1. The quantitative estimate of drug-likeness (QED) is 0.282. The van der Waals surface area contributed by atoms with E-state index < -0.39 is 34.8 Å². The van der Waals surface area contributed by atoms with Crippen molar-refractivity contribution in [3.63, 3.8) is 0 Å². The lowest BCUT2D eigenvalue weighted by atomic mass is 9.92. The fourth-order valence-electron chi connectivity index (χ4n) is 4.08. The molecule has 33 heavy (non-hydrogen) atoms. The molecule has 0 aromatic heterocycles. The summed E-state index contributed by atoms with van der Waals surface area (Å²) < 4.78 is 0. The molecule has 1 aliphatic rings. The van der Waals surface area contributed by atoms with Gasteiger partial charge in [0.25, 0.3) is 0 Å². The summed E-state index contributed by atoms with van der Waals surface area (Å²) >= 11 is 1.15. The van der Waals surface area contributed by atoms with Gasteiger partial charge in [0, 0.05) is 12.1 Å². The van der Waals surface area contributed by atoms with Crippen LogP contribution in [0, 0.1) is 6.92 Å². The van der Waals surface area contributed by atoms with Crippen molar-refractivity contribution < 1.29 is 30.3 Å². The van der Waals surface area contributed by atoms with E-state index in [1.54, 1.807) is 6.07 Å². The fraction of sp³-hybridized carbons (Fsp3) is 0.458. The van der Waals surface area contributed by atoms with Gasteiger partial charge in [-0.25, -0.2) is 4.79 Å². The number of hydrogen-bond donors (Lipinski definition) is 7. The molecule has 8 N–H and O–H groups in total. The molecule has 0 bridgehead atoms. The third-order valence-electron chi connectivity index (χ3n) is 6.04. The van der Waals surface area contributed by atoms with Gasteiger partial charge >= 0.3 is 6.03 Å². The van der Waals surface area contributed by atoms with Gasteiger partial charge in [0.05, 0.1) is 29.3 Å². The Bertz CT molecular complexity index is 953. The second-order valence-corrected chi connectivity index (χ2v) is 9.86. The van der Waals surface area contributed by atoms with Crippen molar-refractivity contribution >= 4 is 17.8 Å². The largest absolute Gasteiger partial charge is 0.508 e. The topological polar surface area (TPSA) is 156 Å². The molecule has 2 aromatic rings. The maximum absolute atomic E-state index is 10.7. The predicted octanol–water partition coefficient (Wildman–Crippen LogP) is 1.12. The number of aliphatic hydroxyl groups is 4. The van der Waals surface area contributed by atoms with E-state index in [-0.39, 0.29) is 12.4 Å². The van der Waals surface area contributed by atoms with Crippen molar-refractivity contribution in [2.24, 2.45) is 5.73 Å². The minimum absolute atomic E-state index is 0.00741. The molecule has 1 saturated heterocycles. The molecule has 2 aromatic carbocycles. The molecule has 1 fully saturated rings. The Labute approximate surface area is 197 Å². The SMILES string of the molecule is Cc1cc(O)c([C@@H]2SC(CO)[C@@H](O)[C@H](O)[C@H]2O)cc1Cc1ccc(CCCNC(N)=O)cc1. The number of aryl methyl sites for hydroxylation is 2. The van der Waals surface area contributed by atoms with Crippen molar-refractivity contribution in [2.75, 3.05) is 13.2 Å². The van der Waals surface area contributed by atoms with Crippen LogP contribution in [0.2, 0.25) is 0 Å². The Morgan fingerprint density at radius 3 is 2.36 bits per heavy atom. The van der Waals surface area contributed by atoms with E-state index >= 15 is 0 Å². The number of nitrogens with two attached hydrogens (primary N) is 1. The highest BCUT2D eigenvalue weighted by atomic mass is 32.2. The van der Waals surface area contributed by atoms with E-state index in [2.05, 4.69) is 5.32 Å². The number of aromatic hydroxyl groups is 1. The number of aliphatic hydroxyl groups excluding tert-OH is 4. The van der Waals surface area contributed by atoms with Crippen molar-refractivity contribution in [2.45, 2.75) is 55.0 Å². The van der Waals surface area contributed by atoms with Gasteiger partial charge in [0.15, 0.2) is 0 Å². The lowest BCUT2D eigenvalue weighted by molar-refractivity contribution is -0.0701. The van der Waals surface area contributed by atoms with Crippen LogP contribution >= 0.6 is 11.8 Å². The maximum atomic E-state index is 10.7. The first-order valence-corrected chi connectivity index (χ1v) is 11.9. The lowest BCUT2D eigenvalue weighted by Crippen LogP contribution is -2.51. The molecule has 0 radical (unpaired) electrons. The summed E-state index contributed by atoms with van der Waals surface area (Å²) in [6, 6.07) is 11.1. The number of rotatable bonds is 8. The van der Waals surface area contributed by atoms with E-state index in [0.717, 1.165) is 46.9 Å². The van der Waals surface area contributed by atoms with Crippen LogP contribution in [0.25, 0.3) is 0 Å². The van der Waals surface area contributed by atoms with Crippen molar-refractivity contribution in [1.29, 1.82) is 0 Å². The Kier molecular flexibility index (Phi) is 8.61. The van der Waals surface area contributed by atoms with E-state index in [4.69, 9.17) is 5.73 Å². The molecule has 8 nitrogen and oxygen atoms in total. The van der Waals surface area contributed by atoms with Gasteiger partial charge in [-0.1, -0.05) is 30.3 Å². The van der Waals surface area contributed by atoms with Gasteiger partial charge in [-0.15, -0.1) is 11.8 Å². The molecule has 1 heterocycles. The summed E-state index contributed by atoms with van der Waals surface area (Å²) in [4.78, 5) is 10.7. The van der Waals surface area contributed by atoms with E-state index in [0.29, 0.717) is 18.5 Å². The number of nitrogens with one attached hydrogen (secondary N) is 1. The molecule has 180 valence electrons. The smallest absolute Gasteiger partial charge is 0.312 e. The lowest BCUT2D eigenvalue weighted by Gasteiger charge is -2.40. The second kappa shape index (κ2) is 11.2.